The summed E-state index contributed by atoms with van der Waals surface area (Å²) in [6, 6.07) is 8.16. The summed E-state index contributed by atoms with van der Waals surface area (Å²) in [6.07, 6.45) is 1.17. The van der Waals surface area contributed by atoms with Crippen molar-refractivity contribution >= 4 is 17.6 Å². The summed E-state index contributed by atoms with van der Waals surface area (Å²) < 4.78 is 10.3. The van der Waals surface area contributed by atoms with E-state index < -0.39 is 0 Å². The Kier molecular flexibility index (Phi) is 8.05. The summed E-state index contributed by atoms with van der Waals surface area (Å²) in [4.78, 5) is 20.3. The van der Waals surface area contributed by atoms with Crippen molar-refractivity contribution in [1.82, 2.24) is 10.2 Å². The van der Waals surface area contributed by atoms with Gasteiger partial charge >= 0.3 is 5.97 Å². The Hall–Kier alpha value is -2.44. The van der Waals surface area contributed by atoms with Gasteiger partial charge in [0.05, 0.1) is 13.7 Å². The van der Waals surface area contributed by atoms with Crippen LogP contribution in [0.3, 0.4) is 0 Å². The first kappa shape index (κ1) is 19.9. The van der Waals surface area contributed by atoms with Crippen LogP contribution >= 0.6 is 0 Å². The number of methoxy groups -OCH3 is 1. The Morgan fingerprint density at radius 2 is 2.04 bits per heavy atom. The average Bonchev–Trinajstić information content (AvgIpc) is 2.68. The lowest BCUT2D eigenvalue weighted by molar-refractivity contribution is -0.143. The molecule has 0 unspecified atom stereocenters. The molecule has 0 radical (unpaired) electrons. The molecule has 0 aromatic heterocycles. The molecule has 1 saturated heterocycles. The molecule has 2 rings (SSSR count). The number of guanidine groups is 1. The van der Waals surface area contributed by atoms with Crippen LogP contribution in [0.2, 0.25) is 0 Å². The molecule has 0 bridgehead atoms. The second-order valence-corrected chi connectivity index (χ2v) is 6.06. The van der Waals surface area contributed by atoms with Crippen LogP contribution in [0.4, 0.5) is 5.69 Å². The first-order chi connectivity index (χ1) is 12.7. The van der Waals surface area contributed by atoms with Gasteiger partial charge in [0.25, 0.3) is 0 Å². The number of anilines is 1. The van der Waals surface area contributed by atoms with Gasteiger partial charge in [0.15, 0.2) is 5.96 Å². The molecule has 0 atom stereocenters. The standard InChI is InChI=1S/C19H30N4O3/c1-4-26-18(24)9-6-10-21-19(20-2)23-13-11-22(12-14-23)16-7-5-8-17(15-16)25-3/h5,7-8,15H,4,6,9-14H2,1-3H3,(H,20,21). The third kappa shape index (κ3) is 5.82. The number of hydrogen-bond acceptors (Lipinski definition) is 5. The Morgan fingerprint density at radius 3 is 2.69 bits per heavy atom. The number of piperazine rings is 1. The molecule has 144 valence electrons. The number of aliphatic imine (C=N–C) groups is 1. The molecule has 0 amide bonds. The van der Waals surface area contributed by atoms with E-state index >= 15 is 0 Å². The molecule has 7 heteroatoms. The van der Waals surface area contributed by atoms with Gasteiger partial charge in [0.2, 0.25) is 0 Å². The molecule has 1 aliphatic heterocycles. The van der Waals surface area contributed by atoms with Gasteiger partial charge in [-0.3, -0.25) is 9.79 Å². The van der Waals surface area contributed by atoms with Gasteiger partial charge < -0.3 is 24.6 Å². The van der Waals surface area contributed by atoms with Gasteiger partial charge in [-0.1, -0.05) is 6.07 Å². The van der Waals surface area contributed by atoms with E-state index in [1.807, 2.05) is 19.1 Å². The Bertz CT molecular complexity index is 598. The van der Waals surface area contributed by atoms with Crippen LogP contribution in [0.15, 0.2) is 29.3 Å². The van der Waals surface area contributed by atoms with Gasteiger partial charge in [-0.05, 0) is 25.5 Å². The third-order valence-corrected chi connectivity index (χ3v) is 4.36. The molecule has 0 aliphatic carbocycles. The molecule has 1 N–H and O–H groups in total. The van der Waals surface area contributed by atoms with E-state index in [2.05, 4.69) is 32.2 Å². The topological polar surface area (TPSA) is 66.4 Å². The van der Waals surface area contributed by atoms with Gasteiger partial charge in [0, 0.05) is 57.9 Å². The Morgan fingerprint density at radius 1 is 1.27 bits per heavy atom. The molecule has 7 nitrogen and oxygen atoms in total. The third-order valence-electron chi connectivity index (χ3n) is 4.36. The van der Waals surface area contributed by atoms with Crippen LogP contribution in [-0.4, -0.2) is 70.3 Å². The predicted molar refractivity (Wildman–Crippen MR) is 104 cm³/mol. The minimum absolute atomic E-state index is 0.142. The highest BCUT2D eigenvalue weighted by atomic mass is 16.5. The number of ether oxygens (including phenoxy) is 2. The zero-order valence-electron chi connectivity index (χ0n) is 16.0. The highest BCUT2D eigenvalue weighted by molar-refractivity contribution is 5.80. The summed E-state index contributed by atoms with van der Waals surface area (Å²) in [7, 11) is 3.48. The molecular weight excluding hydrogens is 332 g/mol. The van der Waals surface area contributed by atoms with Crippen molar-refractivity contribution in [3.8, 4) is 5.75 Å². The second kappa shape index (κ2) is 10.5. The minimum atomic E-state index is -0.142. The number of esters is 1. The normalized spacial score (nSPS) is 15.0. The molecule has 1 fully saturated rings. The zero-order valence-corrected chi connectivity index (χ0v) is 16.0. The first-order valence-electron chi connectivity index (χ1n) is 9.18. The lowest BCUT2D eigenvalue weighted by atomic mass is 10.2. The number of carbonyl (C=O) groups excluding carboxylic acids is 1. The fourth-order valence-corrected chi connectivity index (χ4v) is 2.98. The van der Waals surface area contributed by atoms with E-state index in [9.17, 15) is 4.79 Å². The van der Waals surface area contributed by atoms with E-state index in [0.717, 1.165) is 44.3 Å². The van der Waals surface area contributed by atoms with Gasteiger partial charge in [-0.2, -0.15) is 0 Å². The van der Waals surface area contributed by atoms with E-state index in [1.54, 1.807) is 14.2 Å². The van der Waals surface area contributed by atoms with Crippen molar-refractivity contribution in [3.63, 3.8) is 0 Å². The van der Waals surface area contributed by atoms with Crippen LogP contribution in [0.25, 0.3) is 0 Å². The van der Waals surface area contributed by atoms with Crippen LogP contribution in [0, 0.1) is 0 Å². The molecule has 0 spiro atoms. The van der Waals surface area contributed by atoms with Crippen LogP contribution in [0.1, 0.15) is 19.8 Å². The average molecular weight is 362 g/mol. The van der Waals surface area contributed by atoms with Crippen LogP contribution in [0.5, 0.6) is 5.75 Å². The second-order valence-electron chi connectivity index (χ2n) is 6.06. The number of nitrogens with zero attached hydrogens (tertiary/aromatic N) is 3. The lowest BCUT2D eigenvalue weighted by Crippen LogP contribution is -2.52. The molecular formula is C19H30N4O3. The molecule has 1 heterocycles. The molecule has 1 aliphatic rings. The monoisotopic (exact) mass is 362 g/mol. The van der Waals surface area contributed by atoms with Crippen LogP contribution < -0.4 is 15.0 Å². The van der Waals surface area contributed by atoms with Crippen molar-refractivity contribution in [2.45, 2.75) is 19.8 Å². The summed E-state index contributed by atoms with van der Waals surface area (Å²) in [5, 5.41) is 3.34. The van der Waals surface area contributed by atoms with Crippen molar-refractivity contribution in [2.75, 3.05) is 58.4 Å². The fourth-order valence-electron chi connectivity index (χ4n) is 2.98. The van der Waals surface area contributed by atoms with Crippen molar-refractivity contribution in [3.05, 3.63) is 24.3 Å². The van der Waals surface area contributed by atoms with E-state index in [1.165, 1.54) is 5.69 Å². The van der Waals surface area contributed by atoms with Crippen molar-refractivity contribution < 1.29 is 14.3 Å². The largest absolute Gasteiger partial charge is 0.497 e. The highest BCUT2D eigenvalue weighted by Gasteiger charge is 2.20. The predicted octanol–water partition coefficient (Wildman–Crippen LogP) is 1.74. The van der Waals surface area contributed by atoms with Crippen LogP contribution in [-0.2, 0) is 9.53 Å². The molecule has 1 aromatic rings. The van der Waals surface area contributed by atoms with E-state index in [0.29, 0.717) is 19.6 Å². The quantitative estimate of drug-likeness (QED) is 0.345. The number of carbonyl (C=O) groups is 1. The zero-order chi connectivity index (χ0) is 18.8. The summed E-state index contributed by atoms with van der Waals surface area (Å²) in [6.45, 7) is 6.62. The SMILES string of the molecule is CCOC(=O)CCCNC(=NC)N1CCN(c2cccc(OC)c2)CC1. The lowest BCUT2D eigenvalue weighted by Gasteiger charge is -2.37. The van der Waals surface area contributed by atoms with E-state index in [-0.39, 0.29) is 5.97 Å². The fraction of sp³-hybridized carbons (Fsp3) is 0.579. The summed E-state index contributed by atoms with van der Waals surface area (Å²) in [5.41, 5.74) is 1.18. The maximum absolute atomic E-state index is 11.4. The molecule has 26 heavy (non-hydrogen) atoms. The Balaban J connectivity index is 1.77. The first-order valence-corrected chi connectivity index (χ1v) is 9.18. The van der Waals surface area contributed by atoms with Gasteiger partial charge in [-0.25, -0.2) is 0 Å². The summed E-state index contributed by atoms with van der Waals surface area (Å²) in [5.74, 6) is 1.62. The van der Waals surface area contributed by atoms with Gasteiger partial charge in [-0.15, -0.1) is 0 Å². The highest BCUT2D eigenvalue weighted by Crippen LogP contribution is 2.22. The maximum Gasteiger partial charge on any atom is 0.305 e. The maximum atomic E-state index is 11.4. The minimum Gasteiger partial charge on any atom is -0.497 e. The van der Waals surface area contributed by atoms with E-state index in [4.69, 9.17) is 9.47 Å². The summed E-state index contributed by atoms with van der Waals surface area (Å²) >= 11 is 0. The Labute approximate surface area is 156 Å². The number of benzene rings is 1. The molecule has 1 aromatic carbocycles. The van der Waals surface area contributed by atoms with Crippen molar-refractivity contribution in [1.29, 1.82) is 0 Å². The number of nitrogens with one attached hydrogen (secondary N) is 1. The molecule has 0 saturated carbocycles. The van der Waals surface area contributed by atoms with Crippen molar-refractivity contribution in [2.24, 2.45) is 4.99 Å². The number of rotatable bonds is 7. The number of hydrogen-bond donors (Lipinski definition) is 1. The van der Waals surface area contributed by atoms with Gasteiger partial charge in [0.1, 0.15) is 5.75 Å². The smallest absolute Gasteiger partial charge is 0.305 e.